The third-order valence-electron chi connectivity index (χ3n) is 7.50. The van der Waals surface area contributed by atoms with E-state index in [2.05, 4.69) is 16.0 Å². The molecule has 1 unspecified atom stereocenters. The monoisotopic (exact) mass is 728 g/mol. The van der Waals surface area contributed by atoms with Crippen molar-refractivity contribution >= 4 is 64.2 Å². The highest BCUT2D eigenvalue weighted by molar-refractivity contribution is 8.00. The Kier molecular flexibility index (Phi) is 11.9. The Labute approximate surface area is 302 Å². The Morgan fingerprint density at radius 2 is 1.41 bits per heavy atom. The number of benzene rings is 5. The van der Waals surface area contributed by atoms with Crippen LogP contribution >= 0.6 is 23.4 Å². The van der Waals surface area contributed by atoms with E-state index in [1.165, 1.54) is 6.07 Å². The van der Waals surface area contributed by atoms with E-state index in [0.717, 1.165) is 29.6 Å². The molecule has 7 nitrogen and oxygen atoms in total. The number of amides is 3. The third-order valence-corrected chi connectivity index (χ3v) is 9.00. The van der Waals surface area contributed by atoms with Gasteiger partial charge < -0.3 is 20.9 Å². The summed E-state index contributed by atoms with van der Waals surface area (Å²) in [5, 5.41) is 6.92. The average Bonchev–Trinajstić information content (AvgIpc) is 3.12. The second-order valence-corrected chi connectivity index (χ2v) is 13.0. The lowest BCUT2D eigenvalue weighted by Gasteiger charge is -2.20. The summed E-state index contributed by atoms with van der Waals surface area (Å²) < 4.78 is 41.2. The molecule has 0 spiro atoms. The van der Waals surface area contributed by atoms with Gasteiger partial charge >= 0.3 is 6.18 Å². The fourth-order valence-electron chi connectivity index (χ4n) is 4.89. The van der Waals surface area contributed by atoms with Gasteiger partial charge in [0.15, 0.2) is 0 Å². The van der Waals surface area contributed by atoms with Crippen LogP contribution in [0, 0.1) is 0 Å². The summed E-state index contributed by atoms with van der Waals surface area (Å²) in [6.45, 7) is 0. The van der Waals surface area contributed by atoms with Gasteiger partial charge in [0.05, 0.1) is 11.3 Å². The molecule has 0 aliphatic carbocycles. The Morgan fingerprint density at radius 1 is 0.784 bits per heavy atom. The minimum atomic E-state index is -4.74. The zero-order chi connectivity index (χ0) is 36.5. The van der Waals surface area contributed by atoms with Crippen LogP contribution < -0.4 is 20.9 Å². The molecular formula is C39H32ClF3N4O3S. The van der Waals surface area contributed by atoms with Gasteiger partial charge in [0.25, 0.3) is 11.8 Å². The number of halogens is 4. The normalized spacial score (nSPS) is 12.1. The largest absolute Gasteiger partial charge is 0.418 e. The van der Waals surface area contributed by atoms with Crippen LogP contribution in [0.2, 0.25) is 5.02 Å². The van der Waals surface area contributed by atoms with Crippen LogP contribution in [-0.2, 0) is 15.8 Å². The van der Waals surface area contributed by atoms with E-state index in [1.54, 1.807) is 91.0 Å². The molecule has 0 aromatic heterocycles. The summed E-state index contributed by atoms with van der Waals surface area (Å²) in [6, 6.07) is 34.4. The second-order valence-electron chi connectivity index (χ2n) is 11.4. The third kappa shape index (κ3) is 10.0. The molecule has 0 aliphatic heterocycles. The topological polar surface area (TPSA) is 90.5 Å². The summed E-state index contributed by atoms with van der Waals surface area (Å²) in [5.74, 6) is -1.69. The van der Waals surface area contributed by atoms with Crippen LogP contribution in [0.25, 0.3) is 6.08 Å². The van der Waals surface area contributed by atoms with Gasteiger partial charge in [-0.15, -0.1) is 11.8 Å². The smallest absolute Gasteiger partial charge is 0.378 e. The number of hydrogen-bond acceptors (Lipinski definition) is 5. The van der Waals surface area contributed by atoms with E-state index >= 15 is 0 Å². The van der Waals surface area contributed by atoms with Gasteiger partial charge in [0.1, 0.15) is 10.9 Å². The Morgan fingerprint density at radius 3 is 2.02 bits per heavy atom. The molecule has 260 valence electrons. The summed E-state index contributed by atoms with van der Waals surface area (Å²) >= 11 is 6.95. The van der Waals surface area contributed by atoms with Gasteiger partial charge in [-0.25, -0.2) is 0 Å². The highest BCUT2D eigenvalue weighted by Crippen LogP contribution is 2.40. The quantitative estimate of drug-likeness (QED) is 0.0932. The van der Waals surface area contributed by atoms with Crippen molar-refractivity contribution in [3.05, 3.63) is 160 Å². The Bertz CT molecular complexity index is 2020. The second kappa shape index (κ2) is 16.5. The lowest BCUT2D eigenvalue weighted by molar-refractivity contribution is -0.137. The summed E-state index contributed by atoms with van der Waals surface area (Å²) in [4.78, 5) is 42.6. The molecule has 3 amide bonds. The molecule has 12 heteroatoms. The summed E-state index contributed by atoms with van der Waals surface area (Å²) in [6.07, 6.45) is -3.16. The van der Waals surface area contributed by atoms with Gasteiger partial charge in [0.2, 0.25) is 5.91 Å². The molecule has 0 radical (unpaired) electrons. The molecule has 0 saturated heterocycles. The van der Waals surface area contributed by atoms with Crippen LogP contribution in [0.15, 0.2) is 138 Å². The van der Waals surface area contributed by atoms with Crippen molar-refractivity contribution in [3.8, 4) is 0 Å². The van der Waals surface area contributed by atoms with Crippen molar-refractivity contribution in [1.29, 1.82) is 0 Å². The molecule has 0 heterocycles. The average molecular weight is 729 g/mol. The zero-order valence-corrected chi connectivity index (χ0v) is 28.9. The molecule has 51 heavy (non-hydrogen) atoms. The van der Waals surface area contributed by atoms with E-state index in [-0.39, 0.29) is 10.7 Å². The first kappa shape index (κ1) is 36.8. The zero-order valence-electron chi connectivity index (χ0n) is 27.4. The minimum absolute atomic E-state index is 0.0149. The van der Waals surface area contributed by atoms with E-state index in [4.69, 9.17) is 11.6 Å². The standard InChI is InChI=1S/C39H32ClF3N4O3S/c1-47(2)30-18-13-25(14-19-30)23-34(46-36(48)27-11-7-4-8-12-27)37(49)44-29-16-20-31(21-17-29)51-35(26-9-5-3-6-10-26)38(50)45-33-22-15-28(40)24-32(33)39(41,42)43/h3-24,35H,1-2H3,(H,44,49)(H,45,50)(H,46,48)/b34-23-. The number of carbonyl (C=O) groups is 3. The highest BCUT2D eigenvalue weighted by Gasteiger charge is 2.35. The number of nitrogens with one attached hydrogen (secondary N) is 3. The van der Waals surface area contributed by atoms with Crippen molar-refractivity contribution < 1.29 is 27.6 Å². The predicted octanol–water partition coefficient (Wildman–Crippen LogP) is 9.31. The molecule has 5 rings (SSSR count). The fraction of sp³-hybridized carbons (Fsp3) is 0.103. The number of carbonyl (C=O) groups excluding carboxylic acids is 3. The van der Waals surface area contributed by atoms with Crippen molar-refractivity contribution in [2.24, 2.45) is 0 Å². The molecule has 5 aromatic carbocycles. The van der Waals surface area contributed by atoms with Crippen LogP contribution in [0.3, 0.4) is 0 Å². The molecule has 0 saturated carbocycles. The van der Waals surface area contributed by atoms with Crippen molar-refractivity contribution in [2.75, 3.05) is 29.6 Å². The molecule has 0 fully saturated rings. The van der Waals surface area contributed by atoms with Crippen molar-refractivity contribution in [2.45, 2.75) is 16.3 Å². The van der Waals surface area contributed by atoms with E-state index in [9.17, 15) is 27.6 Å². The van der Waals surface area contributed by atoms with Gasteiger partial charge in [-0.3, -0.25) is 14.4 Å². The molecule has 5 aromatic rings. The number of thioether (sulfide) groups is 1. The van der Waals surface area contributed by atoms with Gasteiger partial charge in [-0.2, -0.15) is 13.2 Å². The van der Waals surface area contributed by atoms with Crippen molar-refractivity contribution in [3.63, 3.8) is 0 Å². The molecule has 1 atom stereocenters. The highest BCUT2D eigenvalue weighted by atomic mass is 35.5. The maximum absolute atomic E-state index is 13.7. The first-order valence-electron chi connectivity index (χ1n) is 15.5. The number of nitrogens with zero attached hydrogens (tertiary/aromatic N) is 1. The lowest BCUT2D eigenvalue weighted by atomic mass is 10.1. The molecular weight excluding hydrogens is 697 g/mol. The summed E-state index contributed by atoms with van der Waals surface area (Å²) in [5.41, 5.74) is 1.56. The first-order chi connectivity index (χ1) is 24.4. The van der Waals surface area contributed by atoms with E-state index < -0.39 is 40.4 Å². The van der Waals surface area contributed by atoms with E-state index in [0.29, 0.717) is 27.3 Å². The lowest BCUT2D eigenvalue weighted by Crippen LogP contribution is -2.30. The molecule has 3 N–H and O–H groups in total. The van der Waals surface area contributed by atoms with E-state index in [1.807, 2.05) is 43.3 Å². The van der Waals surface area contributed by atoms with Gasteiger partial charge in [0, 0.05) is 41.0 Å². The van der Waals surface area contributed by atoms with Crippen molar-refractivity contribution in [1.82, 2.24) is 5.32 Å². The van der Waals surface area contributed by atoms with Gasteiger partial charge in [-0.1, -0.05) is 72.3 Å². The first-order valence-corrected chi connectivity index (χ1v) is 16.8. The van der Waals surface area contributed by atoms with Crippen LogP contribution in [0.5, 0.6) is 0 Å². The number of alkyl halides is 3. The predicted molar refractivity (Wildman–Crippen MR) is 198 cm³/mol. The SMILES string of the molecule is CN(C)c1ccc(/C=C(\NC(=O)c2ccccc2)C(=O)Nc2ccc(SC(C(=O)Nc3ccc(Cl)cc3C(F)(F)F)c3ccccc3)cc2)cc1. The van der Waals surface area contributed by atoms with Crippen LogP contribution in [0.1, 0.15) is 32.3 Å². The maximum atomic E-state index is 13.7. The molecule has 0 aliphatic rings. The Balaban J connectivity index is 1.35. The minimum Gasteiger partial charge on any atom is -0.378 e. The maximum Gasteiger partial charge on any atom is 0.418 e. The number of rotatable bonds is 11. The van der Waals surface area contributed by atoms with Crippen LogP contribution in [0.4, 0.5) is 30.2 Å². The molecule has 0 bridgehead atoms. The summed E-state index contributed by atoms with van der Waals surface area (Å²) in [7, 11) is 3.83. The van der Waals surface area contributed by atoms with Gasteiger partial charge in [-0.05, 0) is 83.9 Å². The number of anilines is 3. The Hall–Kier alpha value is -5.52. The van der Waals surface area contributed by atoms with Crippen LogP contribution in [-0.4, -0.2) is 31.8 Å². The fourth-order valence-corrected chi connectivity index (χ4v) is 6.08. The number of hydrogen-bond donors (Lipinski definition) is 3.